The van der Waals surface area contributed by atoms with Crippen LogP contribution in [0.2, 0.25) is 0 Å². The van der Waals surface area contributed by atoms with Crippen molar-refractivity contribution in [3.05, 3.63) is 23.8 Å². The van der Waals surface area contributed by atoms with E-state index in [1.165, 1.54) is 4.90 Å². The largest absolute Gasteiger partial charge is 0.333 e. The minimum Gasteiger partial charge on any atom is -0.333 e. The minimum atomic E-state index is -0.0549. The summed E-state index contributed by atoms with van der Waals surface area (Å²) in [6, 6.07) is 5.59. The van der Waals surface area contributed by atoms with Gasteiger partial charge >= 0.3 is 0 Å². The Morgan fingerprint density at radius 3 is 2.31 bits per heavy atom. The molecule has 3 amide bonds. The van der Waals surface area contributed by atoms with Crippen LogP contribution in [0.15, 0.2) is 18.2 Å². The van der Waals surface area contributed by atoms with Crippen molar-refractivity contribution in [2.75, 3.05) is 0 Å². The van der Waals surface area contributed by atoms with Crippen LogP contribution in [0, 0.1) is 0 Å². The second kappa shape index (κ2) is 5.84. The quantitative estimate of drug-likeness (QED) is 0.755. The fourth-order valence-corrected chi connectivity index (χ4v) is 5.27. The third-order valence-electron chi connectivity index (χ3n) is 5.90. The Labute approximate surface area is 154 Å². The number of likely N-dealkylation sites (tertiary alicyclic amines) is 1. The van der Waals surface area contributed by atoms with Crippen molar-refractivity contribution in [2.45, 2.75) is 56.7 Å². The normalized spacial score (nSPS) is 28.4. The molecule has 2 aromatic rings. The maximum Gasteiger partial charge on any atom is 0.254 e. The van der Waals surface area contributed by atoms with Gasteiger partial charge in [-0.2, -0.15) is 8.75 Å². The lowest BCUT2D eigenvalue weighted by Crippen LogP contribution is -2.53. The van der Waals surface area contributed by atoms with Crippen LogP contribution in [0.25, 0.3) is 11.0 Å². The number of hydrogen-bond donors (Lipinski definition) is 0. The van der Waals surface area contributed by atoms with Crippen LogP contribution in [0.4, 0.5) is 0 Å². The van der Waals surface area contributed by atoms with E-state index in [0.717, 1.165) is 35.6 Å². The lowest BCUT2D eigenvalue weighted by atomic mass is 9.95. The lowest BCUT2D eigenvalue weighted by molar-refractivity contribution is -0.142. The number of aromatic nitrogens is 2. The molecule has 1 aromatic heterocycles. The van der Waals surface area contributed by atoms with Gasteiger partial charge in [-0.15, -0.1) is 0 Å². The van der Waals surface area contributed by atoms with E-state index in [9.17, 15) is 14.4 Å². The van der Waals surface area contributed by atoms with Crippen LogP contribution in [0.5, 0.6) is 0 Å². The SMILES string of the molecule is O=C1CCC(=O)N1C1C[C@H]2CC[C@@H](C1)N2C(=O)c1ccc2nsnc2c1. The molecule has 0 N–H and O–H groups in total. The molecular formula is C18H18N4O3S. The Morgan fingerprint density at radius 1 is 0.962 bits per heavy atom. The number of imide groups is 1. The number of carbonyl (C=O) groups is 3. The van der Waals surface area contributed by atoms with Gasteiger partial charge in [-0.1, -0.05) is 0 Å². The van der Waals surface area contributed by atoms with Crippen LogP contribution in [0.1, 0.15) is 48.9 Å². The highest BCUT2D eigenvalue weighted by Gasteiger charge is 2.47. The first kappa shape index (κ1) is 15.9. The van der Waals surface area contributed by atoms with Gasteiger partial charge in [0.2, 0.25) is 11.8 Å². The van der Waals surface area contributed by atoms with E-state index in [1.807, 2.05) is 17.0 Å². The van der Waals surface area contributed by atoms with Crippen molar-refractivity contribution in [2.24, 2.45) is 0 Å². The summed E-state index contributed by atoms with van der Waals surface area (Å²) < 4.78 is 8.40. The van der Waals surface area contributed by atoms with Crippen LogP contribution in [0.3, 0.4) is 0 Å². The Morgan fingerprint density at radius 2 is 1.62 bits per heavy atom. The van der Waals surface area contributed by atoms with Crippen LogP contribution in [-0.4, -0.2) is 54.4 Å². The number of hydrogen-bond acceptors (Lipinski definition) is 6. The number of amides is 3. The molecule has 4 heterocycles. The van der Waals surface area contributed by atoms with E-state index in [-0.39, 0.29) is 35.8 Å². The first-order valence-electron chi connectivity index (χ1n) is 9.01. The second-order valence-electron chi connectivity index (χ2n) is 7.35. The number of nitrogens with zero attached hydrogens (tertiary/aromatic N) is 4. The highest BCUT2D eigenvalue weighted by molar-refractivity contribution is 7.00. The topological polar surface area (TPSA) is 83.5 Å². The fourth-order valence-electron chi connectivity index (χ4n) is 4.76. The molecule has 2 bridgehead atoms. The maximum atomic E-state index is 13.1. The van der Waals surface area contributed by atoms with Crippen molar-refractivity contribution in [1.82, 2.24) is 18.5 Å². The van der Waals surface area contributed by atoms with Crippen molar-refractivity contribution in [3.8, 4) is 0 Å². The number of carbonyl (C=O) groups excluding carboxylic acids is 3. The van der Waals surface area contributed by atoms with Gasteiger partial charge in [-0.3, -0.25) is 19.3 Å². The molecule has 3 aliphatic rings. The molecule has 1 aromatic carbocycles. The summed E-state index contributed by atoms with van der Waals surface area (Å²) in [5.41, 5.74) is 2.18. The first-order valence-corrected chi connectivity index (χ1v) is 9.75. The van der Waals surface area contributed by atoms with Crippen molar-refractivity contribution >= 4 is 40.5 Å². The molecule has 3 atom stereocenters. The van der Waals surface area contributed by atoms with Gasteiger partial charge in [0.25, 0.3) is 5.91 Å². The molecule has 3 fully saturated rings. The molecule has 5 rings (SSSR count). The van der Waals surface area contributed by atoms with Crippen LogP contribution < -0.4 is 0 Å². The lowest BCUT2D eigenvalue weighted by Gasteiger charge is -2.41. The second-order valence-corrected chi connectivity index (χ2v) is 7.88. The molecule has 1 unspecified atom stereocenters. The summed E-state index contributed by atoms with van der Waals surface area (Å²) in [4.78, 5) is 40.7. The molecule has 8 heteroatoms. The average Bonchev–Trinajstić information content (AvgIpc) is 3.30. The Hall–Kier alpha value is -2.35. The summed E-state index contributed by atoms with van der Waals surface area (Å²) in [5, 5.41) is 0. The van der Waals surface area contributed by atoms with Gasteiger partial charge in [0.15, 0.2) is 0 Å². The van der Waals surface area contributed by atoms with E-state index >= 15 is 0 Å². The van der Waals surface area contributed by atoms with Crippen molar-refractivity contribution < 1.29 is 14.4 Å². The number of rotatable bonds is 2. The molecule has 7 nitrogen and oxygen atoms in total. The third-order valence-corrected chi connectivity index (χ3v) is 6.46. The van der Waals surface area contributed by atoms with Gasteiger partial charge in [-0.25, -0.2) is 0 Å². The zero-order valence-corrected chi connectivity index (χ0v) is 14.9. The van der Waals surface area contributed by atoms with Gasteiger partial charge < -0.3 is 4.90 Å². The first-order chi connectivity index (χ1) is 12.6. The molecule has 134 valence electrons. The summed E-state index contributed by atoms with van der Waals surface area (Å²) in [5.74, 6) is -0.0914. The molecule has 0 spiro atoms. The Bertz CT molecular complexity index is 896. The van der Waals surface area contributed by atoms with E-state index in [4.69, 9.17) is 0 Å². The summed E-state index contributed by atoms with van der Waals surface area (Å²) in [6.45, 7) is 0. The molecular weight excluding hydrogens is 352 g/mol. The van der Waals surface area contributed by atoms with Gasteiger partial charge in [-0.05, 0) is 43.9 Å². The molecule has 0 radical (unpaired) electrons. The zero-order valence-electron chi connectivity index (χ0n) is 14.1. The number of piperidine rings is 1. The molecule has 3 saturated heterocycles. The smallest absolute Gasteiger partial charge is 0.254 e. The van der Waals surface area contributed by atoms with Crippen LogP contribution >= 0.6 is 11.7 Å². The summed E-state index contributed by atoms with van der Waals surface area (Å²) >= 11 is 1.14. The zero-order chi connectivity index (χ0) is 17.8. The number of benzene rings is 1. The fraction of sp³-hybridized carbons (Fsp3) is 0.500. The summed E-state index contributed by atoms with van der Waals surface area (Å²) in [6.07, 6.45) is 3.91. The predicted molar refractivity (Wildman–Crippen MR) is 94.5 cm³/mol. The predicted octanol–water partition coefficient (Wildman–Crippen LogP) is 1.98. The monoisotopic (exact) mass is 370 g/mol. The van der Waals surface area contributed by atoms with E-state index in [1.54, 1.807) is 6.07 Å². The van der Waals surface area contributed by atoms with Gasteiger partial charge in [0.1, 0.15) is 11.0 Å². The molecule has 0 saturated carbocycles. The highest BCUT2D eigenvalue weighted by Crippen LogP contribution is 2.39. The van der Waals surface area contributed by atoms with Crippen molar-refractivity contribution in [1.29, 1.82) is 0 Å². The van der Waals surface area contributed by atoms with Crippen LogP contribution in [-0.2, 0) is 9.59 Å². The third kappa shape index (κ3) is 2.35. The van der Waals surface area contributed by atoms with Gasteiger partial charge in [0.05, 0.1) is 11.7 Å². The highest BCUT2D eigenvalue weighted by atomic mass is 32.1. The molecule has 3 aliphatic heterocycles. The van der Waals surface area contributed by atoms with Gasteiger partial charge in [0, 0.05) is 36.5 Å². The van der Waals surface area contributed by atoms with E-state index < -0.39 is 0 Å². The molecule has 0 aliphatic carbocycles. The van der Waals surface area contributed by atoms with E-state index in [0.29, 0.717) is 31.2 Å². The average molecular weight is 370 g/mol. The Balaban J connectivity index is 1.39. The maximum absolute atomic E-state index is 13.1. The molecule has 26 heavy (non-hydrogen) atoms. The number of fused-ring (bicyclic) bond motifs is 3. The standard InChI is InChI=1S/C18H18N4O3S/c23-16-5-6-17(24)22(16)13-8-11-2-3-12(9-13)21(11)18(25)10-1-4-14-15(7-10)20-26-19-14/h1,4,7,11-13H,2-3,5-6,8-9H2/t11-,12+,13?. The van der Waals surface area contributed by atoms with Crippen molar-refractivity contribution in [3.63, 3.8) is 0 Å². The Kier molecular flexibility index (Phi) is 3.56. The van der Waals surface area contributed by atoms with E-state index in [2.05, 4.69) is 8.75 Å². The minimum absolute atomic E-state index is 0.0184. The summed E-state index contributed by atoms with van der Waals surface area (Å²) in [7, 11) is 0.